The minimum Gasteiger partial charge on any atom is -0.382 e. The standard InChI is InChI=1S/C29H49N3O2/c1-3-34-20-11-10-17-26(24-15-8-5-9-16-24)27-18-12-19-32(29(30)33)28(27)25(22-31-2)21-23-13-6-4-7-14-23/h5,8-9,15-16,23,25-28,31H,3-4,6-7,10-14,17-22H2,1-2H3,(H2,30,33)/t25-,26?,27?,28?/m0/s1. The number of urea groups is 1. The van der Waals surface area contributed by atoms with E-state index in [-0.39, 0.29) is 12.1 Å². The van der Waals surface area contributed by atoms with Crippen LogP contribution in [0.1, 0.15) is 89.0 Å². The quantitative estimate of drug-likeness (QED) is 0.350. The predicted octanol–water partition coefficient (Wildman–Crippen LogP) is 5.94. The predicted molar refractivity (Wildman–Crippen MR) is 141 cm³/mol. The second-order valence-electron chi connectivity index (χ2n) is 10.6. The number of ether oxygens (including phenoxy) is 1. The number of hydrogen-bond donors (Lipinski definition) is 2. The third-order valence-corrected chi connectivity index (χ3v) is 8.33. The van der Waals surface area contributed by atoms with Crippen LogP contribution in [0, 0.1) is 17.8 Å². The van der Waals surface area contributed by atoms with Gasteiger partial charge in [0.15, 0.2) is 0 Å². The molecular weight excluding hydrogens is 422 g/mol. The molecule has 2 fully saturated rings. The van der Waals surface area contributed by atoms with Crippen LogP contribution in [0.5, 0.6) is 0 Å². The number of likely N-dealkylation sites (tertiary alicyclic amines) is 1. The summed E-state index contributed by atoms with van der Waals surface area (Å²) >= 11 is 0. The second kappa shape index (κ2) is 14.7. The van der Waals surface area contributed by atoms with E-state index in [0.29, 0.717) is 17.8 Å². The van der Waals surface area contributed by atoms with Crippen LogP contribution >= 0.6 is 0 Å². The van der Waals surface area contributed by atoms with E-state index >= 15 is 0 Å². The van der Waals surface area contributed by atoms with E-state index in [9.17, 15) is 4.79 Å². The van der Waals surface area contributed by atoms with Crippen LogP contribution in [0.4, 0.5) is 4.79 Å². The van der Waals surface area contributed by atoms with E-state index in [1.165, 1.54) is 50.5 Å². The molecule has 3 rings (SSSR count). The molecule has 3 N–H and O–H groups in total. The topological polar surface area (TPSA) is 67.6 Å². The molecule has 34 heavy (non-hydrogen) atoms. The molecule has 2 aliphatic rings. The first kappa shape index (κ1) is 27.0. The van der Waals surface area contributed by atoms with Crippen LogP contribution in [-0.2, 0) is 4.74 Å². The zero-order chi connectivity index (χ0) is 24.2. The molecule has 1 aromatic carbocycles. The van der Waals surface area contributed by atoms with Gasteiger partial charge >= 0.3 is 6.03 Å². The maximum absolute atomic E-state index is 12.7. The number of benzene rings is 1. The van der Waals surface area contributed by atoms with Crippen molar-refractivity contribution in [1.82, 2.24) is 10.2 Å². The Hall–Kier alpha value is -1.59. The summed E-state index contributed by atoms with van der Waals surface area (Å²) in [5.41, 5.74) is 7.45. The van der Waals surface area contributed by atoms with Crippen LogP contribution in [0.3, 0.4) is 0 Å². The Kier molecular flexibility index (Phi) is 11.7. The fourth-order valence-corrected chi connectivity index (χ4v) is 6.85. The number of nitrogens with one attached hydrogen (secondary N) is 1. The largest absolute Gasteiger partial charge is 0.382 e. The molecule has 2 amide bonds. The molecule has 1 aliphatic carbocycles. The summed E-state index contributed by atoms with van der Waals surface area (Å²) in [5.74, 6) is 2.12. The van der Waals surface area contributed by atoms with Crippen LogP contribution in [0.2, 0.25) is 0 Å². The van der Waals surface area contributed by atoms with Crippen LogP contribution < -0.4 is 11.1 Å². The van der Waals surface area contributed by atoms with Crippen LogP contribution in [0.15, 0.2) is 30.3 Å². The summed E-state index contributed by atoms with van der Waals surface area (Å²) in [7, 11) is 2.06. The van der Waals surface area contributed by atoms with E-state index in [4.69, 9.17) is 10.5 Å². The van der Waals surface area contributed by atoms with E-state index in [1.54, 1.807) is 0 Å². The van der Waals surface area contributed by atoms with Gasteiger partial charge in [0.2, 0.25) is 0 Å². The zero-order valence-electron chi connectivity index (χ0n) is 21.7. The number of nitrogens with zero attached hydrogens (tertiary/aromatic N) is 1. The number of carbonyl (C=O) groups excluding carboxylic acids is 1. The summed E-state index contributed by atoms with van der Waals surface area (Å²) in [4.78, 5) is 14.8. The lowest BCUT2D eigenvalue weighted by atomic mass is 9.68. The first-order valence-electron chi connectivity index (χ1n) is 14.0. The molecule has 0 radical (unpaired) electrons. The van der Waals surface area contributed by atoms with Gasteiger partial charge in [-0.2, -0.15) is 0 Å². The van der Waals surface area contributed by atoms with Crippen LogP contribution in [0.25, 0.3) is 0 Å². The van der Waals surface area contributed by atoms with Crippen molar-refractivity contribution in [2.24, 2.45) is 23.5 Å². The molecular formula is C29H49N3O2. The fraction of sp³-hybridized carbons (Fsp3) is 0.759. The van der Waals surface area contributed by atoms with E-state index in [2.05, 4.69) is 54.5 Å². The average Bonchev–Trinajstić information content (AvgIpc) is 2.87. The summed E-state index contributed by atoms with van der Waals surface area (Å²) in [5, 5.41) is 3.48. The van der Waals surface area contributed by atoms with Crippen molar-refractivity contribution in [2.75, 3.05) is 33.4 Å². The highest BCUT2D eigenvalue weighted by Gasteiger charge is 2.42. The fourth-order valence-electron chi connectivity index (χ4n) is 6.85. The van der Waals surface area contributed by atoms with Gasteiger partial charge < -0.3 is 20.7 Å². The number of rotatable bonds is 13. The Bertz CT molecular complexity index is 692. The molecule has 3 unspecified atom stereocenters. The van der Waals surface area contributed by atoms with Gasteiger partial charge in [-0.15, -0.1) is 0 Å². The van der Waals surface area contributed by atoms with E-state index < -0.39 is 0 Å². The second-order valence-corrected chi connectivity index (χ2v) is 10.6. The van der Waals surface area contributed by atoms with Crippen molar-refractivity contribution in [3.63, 3.8) is 0 Å². The molecule has 1 saturated heterocycles. The first-order chi connectivity index (χ1) is 16.7. The zero-order valence-corrected chi connectivity index (χ0v) is 21.7. The maximum Gasteiger partial charge on any atom is 0.315 e. The molecule has 0 spiro atoms. The highest BCUT2D eigenvalue weighted by molar-refractivity contribution is 5.72. The molecule has 4 atom stereocenters. The molecule has 192 valence electrons. The highest BCUT2D eigenvalue weighted by atomic mass is 16.5. The van der Waals surface area contributed by atoms with E-state index in [0.717, 1.165) is 57.9 Å². The van der Waals surface area contributed by atoms with Crippen molar-refractivity contribution >= 4 is 6.03 Å². The van der Waals surface area contributed by atoms with Gasteiger partial charge in [-0.1, -0.05) is 68.9 Å². The summed E-state index contributed by atoms with van der Waals surface area (Å²) in [6.07, 6.45) is 13.6. The Balaban J connectivity index is 1.87. The monoisotopic (exact) mass is 471 g/mol. The van der Waals surface area contributed by atoms with Gasteiger partial charge in [-0.05, 0) is 81.9 Å². The molecule has 1 aliphatic heterocycles. The molecule has 1 saturated carbocycles. The number of hydrogen-bond acceptors (Lipinski definition) is 3. The molecule has 1 heterocycles. The molecule has 1 aromatic rings. The Labute approximate surface area is 208 Å². The number of piperidine rings is 1. The molecule has 5 heteroatoms. The van der Waals surface area contributed by atoms with Gasteiger partial charge in [0, 0.05) is 25.8 Å². The average molecular weight is 472 g/mol. The Morgan fingerprint density at radius 3 is 2.56 bits per heavy atom. The number of unbranched alkanes of at least 4 members (excludes halogenated alkanes) is 1. The third-order valence-electron chi connectivity index (χ3n) is 8.33. The normalized spacial score (nSPS) is 23.5. The lowest BCUT2D eigenvalue weighted by Gasteiger charge is -2.48. The molecule has 5 nitrogen and oxygen atoms in total. The van der Waals surface area contributed by atoms with Gasteiger partial charge in [0.1, 0.15) is 0 Å². The van der Waals surface area contributed by atoms with Crippen molar-refractivity contribution in [1.29, 1.82) is 0 Å². The lowest BCUT2D eigenvalue weighted by Crippen LogP contribution is -2.57. The SMILES string of the molecule is CCOCCCCC(c1ccccc1)C1CCCN(C(N)=O)C1[C@H](CNC)CC1CCCCC1. The highest BCUT2D eigenvalue weighted by Crippen LogP contribution is 2.43. The minimum atomic E-state index is -0.234. The van der Waals surface area contributed by atoms with Crippen molar-refractivity contribution < 1.29 is 9.53 Å². The first-order valence-corrected chi connectivity index (χ1v) is 14.0. The molecule has 0 aromatic heterocycles. The lowest BCUT2D eigenvalue weighted by molar-refractivity contribution is 0.0507. The van der Waals surface area contributed by atoms with Crippen molar-refractivity contribution in [3.8, 4) is 0 Å². The van der Waals surface area contributed by atoms with Gasteiger partial charge in [0.05, 0.1) is 0 Å². The Morgan fingerprint density at radius 2 is 1.88 bits per heavy atom. The molecule has 0 bridgehead atoms. The van der Waals surface area contributed by atoms with Crippen molar-refractivity contribution in [2.45, 2.75) is 89.5 Å². The summed E-state index contributed by atoms with van der Waals surface area (Å²) < 4.78 is 5.61. The van der Waals surface area contributed by atoms with Gasteiger partial charge in [0.25, 0.3) is 0 Å². The summed E-state index contributed by atoms with van der Waals surface area (Å²) in [6.45, 7) is 5.43. The maximum atomic E-state index is 12.7. The van der Waals surface area contributed by atoms with E-state index in [1.807, 2.05) is 0 Å². The van der Waals surface area contributed by atoms with Gasteiger partial charge in [-0.3, -0.25) is 0 Å². The van der Waals surface area contributed by atoms with Crippen LogP contribution in [-0.4, -0.2) is 50.3 Å². The smallest absolute Gasteiger partial charge is 0.315 e. The van der Waals surface area contributed by atoms with Crippen molar-refractivity contribution in [3.05, 3.63) is 35.9 Å². The van der Waals surface area contributed by atoms with Gasteiger partial charge in [-0.25, -0.2) is 4.79 Å². The number of amides is 2. The number of primary amides is 1. The third kappa shape index (κ3) is 7.71. The Morgan fingerprint density at radius 1 is 1.12 bits per heavy atom. The minimum absolute atomic E-state index is 0.206. The summed E-state index contributed by atoms with van der Waals surface area (Å²) in [6, 6.07) is 11.0. The number of nitrogens with two attached hydrogens (primary N) is 1. The number of carbonyl (C=O) groups is 1.